The van der Waals surface area contributed by atoms with Gasteiger partial charge in [0.2, 0.25) is 5.91 Å². The highest BCUT2D eigenvalue weighted by atomic mass is 16.2. The Bertz CT molecular complexity index is 850. The number of benzene rings is 1. The molecule has 0 atom stereocenters. The van der Waals surface area contributed by atoms with Gasteiger partial charge in [0.1, 0.15) is 11.6 Å². The van der Waals surface area contributed by atoms with Gasteiger partial charge in [-0.2, -0.15) is 0 Å². The number of rotatable bonds is 3. The van der Waals surface area contributed by atoms with E-state index < -0.39 is 0 Å². The van der Waals surface area contributed by atoms with E-state index >= 15 is 0 Å². The van der Waals surface area contributed by atoms with Crippen LogP contribution in [0.3, 0.4) is 0 Å². The minimum atomic E-state index is 0.263. The first-order valence-electron chi connectivity index (χ1n) is 10.3. The molecule has 3 aliphatic rings. The summed E-state index contributed by atoms with van der Waals surface area (Å²) in [4.78, 5) is 14.8. The van der Waals surface area contributed by atoms with Crippen molar-refractivity contribution in [2.45, 2.75) is 57.5 Å². The molecule has 6 nitrogen and oxygen atoms in total. The van der Waals surface area contributed by atoms with E-state index in [1.807, 2.05) is 4.90 Å². The quantitative estimate of drug-likeness (QED) is 0.901. The van der Waals surface area contributed by atoms with Crippen LogP contribution in [0, 0.1) is 0 Å². The van der Waals surface area contributed by atoms with E-state index in [9.17, 15) is 4.79 Å². The SMILES string of the molecule is O=C(Cc1ccc2c(c1)CCC2)N1CCC(c2nnc3n2CCNC3)CC1. The van der Waals surface area contributed by atoms with E-state index in [4.69, 9.17) is 0 Å². The number of hydrogen-bond donors (Lipinski definition) is 1. The second kappa shape index (κ2) is 7.08. The Morgan fingerprint density at radius 1 is 1.11 bits per heavy atom. The number of nitrogens with one attached hydrogen (secondary N) is 1. The lowest BCUT2D eigenvalue weighted by Crippen LogP contribution is -2.39. The van der Waals surface area contributed by atoms with E-state index in [0.29, 0.717) is 12.3 Å². The maximum atomic E-state index is 12.8. The number of likely N-dealkylation sites (tertiary alicyclic amines) is 1. The maximum absolute atomic E-state index is 12.8. The van der Waals surface area contributed by atoms with Crippen LogP contribution in [-0.2, 0) is 37.1 Å². The highest BCUT2D eigenvalue weighted by molar-refractivity contribution is 5.79. The minimum Gasteiger partial charge on any atom is -0.342 e. The molecule has 1 aromatic carbocycles. The molecular weight excluding hydrogens is 338 g/mol. The molecule has 1 aromatic heterocycles. The molecule has 142 valence electrons. The predicted molar refractivity (Wildman–Crippen MR) is 102 cm³/mol. The van der Waals surface area contributed by atoms with Gasteiger partial charge in [-0.05, 0) is 48.8 Å². The Labute approximate surface area is 160 Å². The summed E-state index contributed by atoms with van der Waals surface area (Å²) in [5.74, 6) is 2.86. The van der Waals surface area contributed by atoms with Crippen LogP contribution in [0.4, 0.5) is 0 Å². The highest BCUT2D eigenvalue weighted by Crippen LogP contribution is 2.28. The largest absolute Gasteiger partial charge is 0.342 e. The summed E-state index contributed by atoms with van der Waals surface area (Å²) in [5, 5.41) is 12.1. The summed E-state index contributed by atoms with van der Waals surface area (Å²) >= 11 is 0. The fraction of sp³-hybridized carbons (Fsp3) is 0.571. The molecule has 1 fully saturated rings. The third-order valence-corrected chi connectivity index (χ3v) is 6.38. The van der Waals surface area contributed by atoms with Crippen LogP contribution in [0.5, 0.6) is 0 Å². The number of carbonyl (C=O) groups is 1. The number of hydrogen-bond acceptors (Lipinski definition) is 4. The average Bonchev–Trinajstić information content (AvgIpc) is 3.34. The summed E-state index contributed by atoms with van der Waals surface area (Å²) in [6, 6.07) is 6.62. The Morgan fingerprint density at radius 2 is 1.96 bits per heavy atom. The van der Waals surface area contributed by atoms with Gasteiger partial charge in [-0.25, -0.2) is 0 Å². The number of piperidine rings is 1. The van der Waals surface area contributed by atoms with Crippen molar-refractivity contribution in [1.82, 2.24) is 25.0 Å². The van der Waals surface area contributed by atoms with Crippen LogP contribution >= 0.6 is 0 Å². The smallest absolute Gasteiger partial charge is 0.226 e. The first-order chi connectivity index (χ1) is 13.3. The molecule has 0 saturated carbocycles. The standard InChI is InChI=1S/C21H27N5O/c27-20(13-15-4-5-16-2-1-3-18(16)12-15)25-9-6-17(7-10-25)21-24-23-19-14-22-8-11-26(19)21/h4-5,12,17,22H,1-3,6-11,13-14H2. The summed E-state index contributed by atoms with van der Waals surface area (Å²) < 4.78 is 2.28. The van der Waals surface area contributed by atoms with Crippen molar-refractivity contribution >= 4 is 5.91 Å². The minimum absolute atomic E-state index is 0.263. The fourth-order valence-corrected chi connectivity index (χ4v) is 4.83. The molecule has 1 aliphatic carbocycles. The van der Waals surface area contributed by atoms with Crippen LogP contribution in [-0.4, -0.2) is 45.2 Å². The van der Waals surface area contributed by atoms with E-state index in [0.717, 1.165) is 57.2 Å². The molecule has 2 aliphatic heterocycles. The van der Waals surface area contributed by atoms with Gasteiger partial charge >= 0.3 is 0 Å². The van der Waals surface area contributed by atoms with Gasteiger partial charge in [-0.15, -0.1) is 10.2 Å². The van der Waals surface area contributed by atoms with Crippen molar-refractivity contribution in [2.24, 2.45) is 0 Å². The van der Waals surface area contributed by atoms with Gasteiger partial charge in [0, 0.05) is 32.1 Å². The molecule has 0 unspecified atom stereocenters. The second-order valence-electron chi connectivity index (χ2n) is 8.09. The molecular formula is C21H27N5O. The molecule has 3 heterocycles. The summed E-state index contributed by atoms with van der Waals surface area (Å²) in [6.07, 6.45) is 6.12. The van der Waals surface area contributed by atoms with Gasteiger partial charge in [-0.1, -0.05) is 18.2 Å². The number of carbonyl (C=O) groups excluding carboxylic acids is 1. The molecule has 0 spiro atoms. The van der Waals surface area contributed by atoms with Crippen molar-refractivity contribution in [1.29, 1.82) is 0 Å². The zero-order valence-corrected chi connectivity index (χ0v) is 15.8. The van der Waals surface area contributed by atoms with Gasteiger partial charge < -0.3 is 14.8 Å². The number of fused-ring (bicyclic) bond motifs is 2. The van der Waals surface area contributed by atoms with Crippen molar-refractivity contribution in [3.05, 3.63) is 46.5 Å². The predicted octanol–water partition coefficient (Wildman–Crippen LogP) is 1.82. The van der Waals surface area contributed by atoms with Crippen molar-refractivity contribution in [3.63, 3.8) is 0 Å². The topological polar surface area (TPSA) is 63.1 Å². The molecule has 1 N–H and O–H groups in total. The third kappa shape index (κ3) is 3.27. The van der Waals surface area contributed by atoms with Gasteiger partial charge in [0.25, 0.3) is 0 Å². The van der Waals surface area contributed by atoms with Gasteiger partial charge in [0.05, 0.1) is 13.0 Å². The molecule has 5 rings (SSSR count). The molecule has 27 heavy (non-hydrogen) atoms. The summed E-state index contributed by atoms with van der Waals surface area (Å²) in [5.41, 5.74) is 4.09. The Hall–Kier alpha value is -2.21. The number of amides is 1. The Morgan fingerprint density at radius 3 is 2.85 bits per heavy atom. The van der Waals surface area contributed by atoms with Crippen LogP contribution in [0.25, 0.3) is 0 Å². The van der Waals surface area contributed by atoms with E-state index in [2.05, 4.69) is 38.3 Å². The fourth-order valence-electron chi connectivity index (χ4n) is 4.83. The van der Waals surface area contributed by atoms with Crippen LogP contribution in [0.1, 0.15) is 53.5 Å². The number of aromatic nitrogens is 3. The maximum Gasteiger partial charge on any atom is 0.226 e. The second-order valence-corrected chi connectivity index (χ2v) is 8.09. The Balaban J connectivity index is 1.20. The Kier molecular flexibility index (Phi) is 4.44. The van der Waals surface area contributed by atoms with Crippen LogP contribution in [0.15, 0.2) is 18.2 Å². The molecule has 2 aromatic rings. The lowest BCUT2D eigenvalue weighted by Gasteiger charge is -2.32. The molecule has 6 heteroatoms. The summed E-state index contributed by atoms with van der Waals surface area (Å²) in [6.45, 7) is 4.40. The molecule has 0 bridgehead atoms. The summed E-state index contributed by atoms with van der Waals surface area (Å²) in [7, 11) is 0. The lowest BCUT2D eigenvalue weighted by molar-refractivity contribution is -0.131. The zero-order valence-electron chi connectivity index (χ0n) is 15.8. The van der Waals surface area contributed by atoms with E-state index in [1.54, 1.807) is 0 Å². The number of aryl methyl sites for hydroxylation is 2. The van der Waals surface area contributed by atoms with Gasteiger partial charge in [0.15, 0.2) is 0 Å². The van der Waals surface area contributed by atoms with Crippen molar-refractivity contribution in [2.75, 3.05) is 19.6 Å². The molecule has 1 amide bonds. The van der Waals surface area contributed by atoms with E-state index in [-0.39, 0.29) is 5.91 Å². The normalized spacial score (nSPS) is 19.8. The highest BCUT2D eigenvalue weighted by Gasteiger charge is 2.28. The van der Waals surface area contributed by atoms with Gasteiger partial charge in [-0.3, -0.25) is 4.79 Å². The first-order valence-corrected chi connectivity index (χ1v) is 10.3. The van der Waals surface area contributed by atoms with E-state index in [1.165, 1.54) is 36.0 Å². The molecule has 1 saturated heterocycles. The first kappa shape index (κ1) is 16.9. The van der Waals surface area contributed by atoms with Crippen LogP contribution in [0.2, 0.25) is 0 Å². The number of nitrogens with zero attached hydrogens (tertiary/aromatic N) is 4. The van der Waals surface area contributed by atoms with Crippen LogP contribution < -0.4 is 5.32 Å². The average molecular weight is 365 g/mol. The zero-order chi connectivity index (χ0) is 18.2. The van der Waals surface area contributed by atoms with Crippen molar-refractivity contribution < 1.29 is 4.79 Å². The third-order valence-electron chi connectivity index (χ3n) is 6.38. The lowest BCUT2D eigenvalue weighted by atomic mass is 9.95. The monoisotopic (exact) mass is 365 g/mol. The van der Waals surface area contributed by atoms with Crippen molar-refractivity contribution in [3.8, 4) is 0 Å². The molecule has 0 radical (unpaired) electrons.